The number of likely N-dealkylation sites (tertiary alicyclic amines) is 1. The van der Waals surface area contributed by atoms with Crippen molar-refractivity contribution in [3.05, 3.63) is 95.1 Å². The quantitative estimate of drug-likeness (QED) is 0.463. The van der Waals surface area contributed by atoms with Crippen molar-refractivity contribution in [3.8, 4) is 0 Å². The maximum absolute atomic E-state index is 13.1. The van der Waals surface area contributed by atoms with Crippen LogP contribution in [0.25, 0.3) is 0 Å². The van der Waals surface area contributed by atoms with Crippen molar-refractivity contribution in [2.24, 2.45) is 0 Å². The van der Waals surface area contributed by atoms with Crippen molar-refractivity contribution < 1.29 is 18.3 Å². The van der Waals surface area contributed by atoms with Crippen LogP contribution >= 0.6 is 0 Å². The molecular weight excluding hydrogens is 449 g/mol. The zero-order valence-electron chi connectivity index (χ0n) is 19.8. The molecule has 2 aliphatic heterocycles. The fraction of sp³-hybridized carbons (Fsp3) is 0.379. The van der Waals surface area contributed by atoms with E-state index in [-0.39, 0.29) is 0 Å². The van der Waals surface area contributed by atoms with Gasteiger partial charge in [-0.3, -0.25) is 0 Å². The molecule has 0 aliphatic carbocycles. The second kappa shape index (κ2) is 9.67. The summed E-state index contributed by atoms with van der Waals surface area (Å²) in [5.74, 6) is 0. The molecule has 6 heteroatoms. The molecule has 0 aromatic heterocycles. The third-order valence-electron chi connectivity index (χ3n) is 7.50. The predicted octanol–water partition coefficient (Wildman–Crippen LogP) is 6.32. The van der Waals surface area contributed by atoms with Gasteiger partial charge in [0.05, 0.1) is 11.2 Å². The molecule has 5 rings (SSSR count). The van der Waals surface area contributed by atoms with Gasteiger partial charge in [0.25, 0.3) is 0 Å². The Labute approximate surface area is 204 Å². The maximum atomic E-state index is 13.1. The molecule has 0 spiro atoms. The molecule has 0 saturated carbocycles. The average molecular weight is 481 g/mol. The van der Waals surface area contributed by atoms with Gasteiger partial charge in [-0.15, -0.1) is 0 Å². The van der Waals surface area contributed by atoms with E-state index in [0.29, 0.717) is 31.5 Å². The number of aliphatic hydroxyl groups is 1. The van der Waals surface area contributed by atoms with E-state index in [4.69, 9.17) is 0 Å². The van der Waals surface area contributed by atoms with Crippen LogP contribution in [0.4, 0.5) is 24.5 Å². The molecule has 184 valence electrons. The molecule has 1 fully saturated rings. The number of piperidine rings is 1. The van der Waals surface area contributed by atoms with E-state index in [9.17, 15) is 18.3 Å². The molecule has 3 aromatic rings. The summed E-state index contributed by atoms with van der Waals surface area (Å²) in [7, 11) is 0. The molecule has 0 amide bonds. The lowest BCUT2D eigenvalue weighted by molar-refractivity contribution is -0.137. The van der Waals surface area contributed by atoms with Gasteiger partial charge in [-0.25, -0.2) is 0 Å². The van der Waals surface area contributed by atoms with Crippen molar-refractivity contribution in [1.82, 2.24) is 4.90 Å². The number of fused-ring (bicyclic) bond motifs is 2. The van der Waals surface area contributed by atoms with Crippen LogP contribution in [0.2, 0.25) is 0 Å². The highest BCUT2D eigenvalue weighted by atomic mass is 19.4. The standard InChI is InChI=1S/C29H31F3N2O/c30-29(31,32)25-10-5-9-24(21-25)28(35)15-19-33(20-16-28)17-6-18-34-26-11-3-1-7-22(26)13-14-23-8-2-4-12-27(23)34/h1-5,7-12,21,35H,6,13-20H2. The van der Waals surface area contributed by atoms with E-state index in [1.165, 1.54) is 28.6 Å². The first-order valence-electron chi connectivity index (χ1n) is 12.4. The summed E-state index contributed by atoms with van der Waals surface area (Å²) >= 11 is 0. The third kappa shape index (κ3) is 5.09. The number of hydrogen-bond donors (Lipinski definition) is 1. The molecule has 3 nitrogen and oxygen atoms in total. The summed E-state index contributed by atoms with van der Waals surface area (Å²) in [5, 5.41) is 11.1. The Kier molecular flexibility index (Phi) is 6.60. The zero-order chi connectivity index (χ0) is 24.5. The van der Waals surface area contributed by atoms with Crippen LogP contribution in [0, 0.1) is 0 Å². The van der Waals surface area contributed by atoms with Crippen LogP contribution in [-0.4, -0.2) is 36.2 Å². The monoisotopic (exact) mass is 480 g/mol. The molecular formula is C29H31F3N2O. The third-order valence-corrected chi connectivity index (χ3v) is 7.50. The van der Waals surface area contributed by atoms with Gasteiger partial charge in [0.1, 0.15) is 0 Å². The van der Waals surface area contributed by atoms with E-state index < -0.39 is 17.3 Å². The second-order valence-corrected chi connectivity index (χ2v) is 9.71. The van der Waals surface area contributed by atoms with Crippen LogP contribution in [0.15, 0.2) is 72.8 Å². The molecule has 35 heavy (non-hydrogen) atoms. The summed E-state index contributed by atoms with van der Waals surface area (Å²) in [5.41, 5.74) is 3.74. The first-order valence-corrected chi connectivity index (χ1v) is 12.4. The van der Waals surface area contributed by atoms with Gasteiger partial charge in [-0.2, -0.15) is 13.2 Å². The van der Waals surface area contributed by atoms with Crippen molar-refractivity contribution >= 4 is 11.4 Å². The Morgan fingerprint density at radius 1 is 0.771 bits per heavy atom. The Bertz CT molecular complexity index is 1120. The summed E-state index contributed by atoms with van der Waals surface area (Å²) < 4.78 is 39.4. The molecule has 0 atom stereocenters. The van der Waals surface area contributed by atoms with Crippen molar-refractivity contribution in [1.29, 1.82) is 0 Å². The topological polar surface area (TPSA) is 26.7 Å². The van der Waals surface area contributed by atoms with E-state index in [0.717, 1.165) is 44.5 Å². The number of hydrogen-bond acceptors (Lipinski definition) is 3. The second-order valence-electron chi connectivity index (χ2n) is 9.71. The van der Waals surface area contributed by atoms with Crippen LogP contribution < -0.4 is 4.90 Å². The fourth-order valence-corrected chi connectivity index (χ4v) is 5.48. The lowest BCUT2D eigenvalue weighted by Gasteiger charge is -2.39. The van der Waals surface area contributed by atoms with Gasteiger partial charge in [0.15, 0.2) is 0 Å². The smallest absolute Gasteiger partial charge is 0.385 e. The minimum Gasteiger partial charge on any atom is -0.385 e. The van der Waals surface area contributed by atoms with Crippen LogP contribution in [0.5, 0.6) is 0 Å². The normalized spacial score (nSPS) is 18.0. The molecule has 3 aromatic carbocycles. The van der Waals surface area contributed by atoms with E-state index in [2.05, 4.69) is 58.3 Å². The Hall–Kier alpha value is -2.83. The molecule has 2 aliphatic rings. The summed E-state index contributed by atoms with van der Waals surface area (Å²) in [4.78, 5) is 4.75. The predicted molar refractivity (Wildman–Crippen MR) is 133 cm³/mol. The number of alkyl halides is 3. The van der Waals surface area contributed by atoms with Crippen LogP contribution in [0.3, 0.4) is 0 Å². The molecule has 0 unspecified atom stereocenters. The molecule has 1 saturated heterocycles. The van der Waals surface area contributed by atoms with Crippen LogP contribution in [0.1, 0.15) is 41.5 Å². The molecule has 0 radical (unpaired) electrons. The lowest BCUT2D eigenvalue weighted by atomic mass is 9.83. The first kappa shape index (κ1) is 23.9. The number of anilines is 2. The van der Waals surface area contributed by atoms with Crippen molar-refractivity contribution in [2.45, 2.75) is 43.9 Å². The summed E-state index contributed by atoms with van der Waals surface area (Å²) in [6, 6.07) is 22.4. The first-order chi connectivity index (χ1) is 16.8. The van der Waals surface area contributed by atoms with Gasteiger partial charge in [0, 0.05) is 31.0 Å². The maximum Gasteiger partial charge on any atom is 0.416 e. The Morgan fingerprint density at radius 3 is 1.97 bits per heavy atom. The average Bonchev–Trinajstić information content (AvgIpc) is 3.02. The zero-order valence-corrected chi connectivity index (χ0v) is 19.8. The highest BCUT2D eigenvalue weighted by molar-refractivity contribution is 5.71. The highest BCUT2D eigenvalue weighted by Gasteiger charge is 2.37. The number of aryl methyl sites for hydroxylation is 2. The molecule has 1 N–H and O–H groups in total. The largest absolute Gasteiger partial charge is 0.416 e. The van der Waals surface area contributed by atoms with Crippen molar-refractivity contribution in [2.75, 3.05) is 31.1 Å². The minimum atomic E-state index is -4.41. The lowest BCUT2D eigenvalue weighted by Crippen LogP contribution is -2.43. The minimum absolute atomic E-state index is 0.366. The van der Waals surface area contributed by atoms with E-state index in [1.807, 2.05) is 0 Å². The van der Waals surface area contributed by atoms with Gasteiger partial charge in [0.2, 0.25) is 0 Å². The van der Waals surface area contributed by atoms with Crippen molar-refractivity contribution in [3.63, 3.8) is 0 Å². The number of nitrogens with zero attached hydrogens (tertiary/aromatic N) is 2. The molecule has 0 bridgehead atoms. The molecule has 2 heterocycles. The number of para-hydroxylation sites is 2. The van der Waals surface area contributed by atoms with Gasteiger partial charge < -0.3 is 14.9 Å². The number of benzene rings is 3. The Balaban J connectivity index is 1.22. The summed E-state index contributed by atoms with van der Waals surface area (Å²) in [6.45, 7) is 3.11. The van der Waals surface area contributed by atoms with E-state index in [1.54, 1.807) is 6.07 Å². The van der Waals surface area contributed by atoms with Gasteiger partial charge in [-0.05, 0) is 79.6 Å². The number of halogens is 3. The van der Waals surface area contributed by atoms with Crippen LogP contribution in [-0.2, 0) is 24.6 Å². The van der Waals surface area contributed by atoms with Gasteiger partial charge >= 0.3 is 6.18 Å². The highest BCUT2D eigenvalue weighted by Crippen LogP contribution is 2.38. The summed E-state index contributed by atoms with van der Waals surface area (Å²) in [6.07, 6.45) is -0.510. The van der Waals surface area contributed by atoms with E-state index >= 15 is 0 Å². The fourth-order valence-electron chi connectivity index (χ4n) is 5.48. The Morgan fingerprint density at radius 2 is 1.37 bits per heavy atom. The SMILES string of the molecule is OC1(c2cccc(C(F)(F)F)c2)CCN(CCCN2c3ccccc3CCc3ccccc32)CC1. The van der Waals surface area contributed by atoms with Gasteiger partial charge in [-0.1, -0.05) is 48.5 Å². The number of rotatable bonds is 5.